The summed E-state index contributed by atoms with van der Waals surface area (Å²) in [6, 6.07) is 4.76. The lowest BCUT2D eigenvalue weighted by Gasteiger charge is -2.42. The van der Waals surface area contributed by atoms with Gasteiger partial charge >= 0.3 is 21.6 Å². The zero-order valence-electron chi connectivity index (χ0n) is 19.8. The number of nitrogens with two attached hydrogens (primary N) is 1. The van der Waals surface area contributed by atoms with Crippen LogP contribution in [0.4, 0.5) is 13.2 Å². The van der Waals surface area contributed by atoms with Gasteiger partial charge in [-0.3, -0.25) is 9.59 Å². The van der Waals surface area contributed by atoms with E-state index in [1.165, 1.54) is 6.07 Å². The van der Waals surface area contributed by atoms with Gasteiger partial charge in [0.15, 0.2) is 16.1 Å². The minimum absolute atomic E-state index is 0.162. The van der Waals surface area contributed by atoms with Crippen molar-refractivity contribution in [3.05, 3.63) is 58.1 Å². The lowest BCUT2D eigenvalue weighted by atomic mass is 9.72. The first kappa shape index (κ1) is 31.1. The van der Waals surface area contributed by atoms with Crippen LogP contribution in [0.2, 0.25) is 10.0 Å². The maximum atomic E-state index is 14.1. The number of aliphatic carboxylic acids is 1. The van der Waals surface area contributed by atoms with E-state index in [2.05, 4.69) is 9.50 Å². The largest absolute Gasteiger partial charge is 0.534 e. The molecular formula is C22H21Cl2F3N2O8S2. The van der Waals surface area contributed by atoms with Crippen molar-refractivity contribution in [3.8, 4) is 5.75 Å². The van der Waals surface area contributed by atoms with E-state index in [4.69, 9.17) is 28.9 Å². The van der Waals surface area contributed by atoms with E-state index >= 15 is 0 Å². The molecule has 0 amide bonds. The first-order chi connectivity index (χ1) is 17.8. The third kappa shape index (κ3) is 5.35. The number of carboxylic acid groups (broad SMARTS) is 1. The Morgan fingerprint density at radius 3 is 2.03 bits per heavy atom. The number of hydrogen-bond acceptors (Lipinski definition) is 9. The van der Waals surface area contributed by atoms with Gasteiger partial charge in [-0.1, -0.05) is 35.3 Å². The molecule has 0 saturated carbocycles. The third-order valence-corrected chi connectivity index (χ3v) is 10.1. The molecule has 1 saturated heterocycles. The monoisotopic (exact) mass is 632 g/mol. The van der Waals surface area contributed by atoms with Gasteiger partial charge in [0, 0.05) is 10.0 Å². The Labute approximate surface area is 231 Å². The molecule has 17 heteroatoms. The molecule has 39 heavy (non-hydrogen) atoms. The molecule has 3 rings (SSSR count). The fraction of sp³-hybridized carbons (Fsp3) is 0.364. The van der Waals surface area contributed by atoms with Gasteiger partial charge in [-0.25, -0.2) is 8.42 Å². The Morgan fingerprint density at radius 2 is 1.59 bits per heavy atom. The minimum atomic E-state index is -6.08. The van der Waals surface area contributed by atoms with Gasteiger partial charge in [0.05, 0.1) is 10.9 Å². The van der Waals surface area contributed by atoms with Gasteiger partial charge in [0.2, 0.25) is 9.84 Å². The van der Waals surface area contributed by atoms with Crippen LogP contribution in [0.1, 0.15) is 25.3 Å². The Balaban J connectivity index is 2.30. The smallest absolute Gasteiger partial charge is 0.480 e. The van der Waals surface area contributed by atoms with E-state index in [-0.39, 0.29) is 16.5 Å². The topological polar surface area (TPSA) is 170 Å². The molecule has 1 fully saturated rings. The van der Waals surface area contributed by atoms with Crippen LogP contribution in [0.15, 0.2) is 47.4 Å². The summed E-state index contributed by atoms with van der Waals surface area (Å²) in [5.74, 6) is -3.88. The minimum Gasteiger partial charge on any atom is -0.480 e. The van der Waals surface area contributed by atoms with Gasteiger partial charge in [-0.15, -0.1) is 0 Å². The van der Waals surface area contributed by atoms with Crippen molar-refractivity contribution in [1.82, 2.24) is 5.32 Å². The van der Waals surface area contributed by atoms with Gasteiger partial charge < -0.3 is 20.3 Å². The van der Waals surface area contributed by atoms with E-state index in [1.807, 2.05) is 0 Å². The molecule has 214 valence electrons. The number of ketones is 1. The number of carbonyl (C=O) groups is 2. The van der Waals surface area contributed by atoms with Crippen molar-refractivity contribution in [2.24, 2.45) is 11.1 Å². The summed E-state index contributed by atoms with van der Waals surface area (Å²) in [6.07, 6.45) is 0.670. The van der Waals surface area contributed by atoms with Crippen LogP contribution in [0.25, 0.3) is 0 Å². The lowest BCUT2D eigenvalue weighted by molar-refractivity contribution is -0.157. The molecule has 1 aliphatic rings. The number of carboxylic acids is 1. The maximum Gasteiger partial charge on any atom is 0.534 e. The lowest BCUT2D eigenvalue weighted by Crippen LogP contribution is -2.65. The Kier molecular flexibility index (Phi) is 8.39. The summed E-state index contributed by atoms with van der Waals surface area (Å²) in [6.45, 7) is 1.17. The van der Waals surface area contributed by atoms with Crippen LogP contribution in [-0.4, -0.2) is 51.8 Å². The molecule has 3 atom stereocenters. The molecule has 0 spiro atoms. The fourth-order valence-electron chi connectivity index (χ4n) is 4.22. The standard InChI is InChI=1S/C22H21Cl2F3N2O8S2/c1-20(19(31)32,18(30)17-3-2-8-29-17)21(28,38(33,34)16-10-13(23)9-14(24)11-16)12-4-6-15(7-5-12)37-39(35,36)22(25,26)27/h4-7,9-11,17,29H,2-3,8,28H2,1H3,(H,31,32)/t17-,20-,21+/m0/s1. The summed E-state index contributed by atoms with van der Waals surface area (Å²) in [7, 11) is -11.2. The quantitative estimate of drug-likeness (QED) is 0.212. The summed E-state index contributed by atoms with van der Waals surface area (Å²) in [4.78, 5) is 22.6. The first-order valence-corrected chi connectivity index (χ1v) is 14.6. The van der Waals surface area contributed by atoms with Crippen molar-refractivity contribution >= 4 is 54.9 Å². The van der Waals surface area contributed by atoms with Crippen LogP contribution < -0.4 is 15.2 Å². The Bertz CT molecular complexity index is 1490. The molecule has 0 radical (unpaired) electrons. The average molecular weight is 633 g/mol. The van der Waals surface area contributed by atoms with Gasteiger partial charge in [0.1, 0.15) is 5.75 Å². The number of Topliss-reactive ketones (excluding diaryl/α,β-unsaturated/α-hetero) is 1. The molecule has 4 N–H and O–H groups in total. The molecule has 0 aliphatic carbocycles. The van der Waals surface area contributed by atoms with Crippen LogP contribution in [0.5, 0.6) is 5.75 Å². The van der Waals surface area contributed by atoms with E-state index in [0.717, 1.165) is 31.2 Å². The van der Waals surface area contributed by atoms with Crippen molar-refractivity contribution in [2.75, 3.05) is 6.54 Å². The molecule has 0 bridgehead atoms. The predicted molar refractivity (Wildman–Crippen MR) is 133 cm³/mol. The summed E-state index contributed by atoms with van der Waals surface area (Å²) in [5.41, 5.74) is -2.76. The predicted octanol–water partition coefficient (Wildman–Crippen LogP) is 3.22. The molecule has 2 aromatic rings. The molecule has 0 aromatic heterocycles. The van der Waals surface area contributed by atoms with Crippen molar-refractivity contribution in [2.45, 2.75) is 41.1 Å². The summed E-state index contributed by atoms with van der Waals surface area (Å²) >= 11 is 11.9. The zero-order chi connectivity index (χ0) is 29.6. The number of carbonyl (C=O) groups excluding carboxylic acids is 1. The highest BCUT2D eigenvalue weighted by Crippen LogP contribution is 2.48. The summed E-state index contributed by atoms with van der Waals surface area (Å²) < 4.78 is 93.2. The molecule has 0 unspecified atom stereocenters. The van der Waals surface area contributed by atoms with Gasteiger partial charge in [0.25, 0.3) is 0 Å². The number of nitrogens with one attached hydrogen (secondary N) is 1. The zero-order valence-corrected chi connectivity index (χ0v) is 23.0. The van der Waals surface area contributed by atoms with E-state index < -0.39 is 69.8 Å². The third-order valence-electron chi connectivity index (χ3n) is 6.38. The highest BCUT2D eigenvalue weighted by Gasteiger charge is 2.66. The highest BCUT2D eigenvalue weighted by atomic mass is 35.5. The van der Waals surface area contributed by atoms with Crippen LogP contribution in [0.3, 0.4) is 0 Å². The second kappa shape index (κ2) is 10.5. The van der Waals surface area contributed by atoms with Gasteiger partial charge in [-0.05, 0) is 62.2 Å². The number of alkyl halides is 3. The molecule has 1 heterocycles. The number of sulfone groups is 1. The summed E-state index contributed by atoms with van der Waals surface area (Å²) in [5, 5.41) is 12.8. The number of benzene rings is 2. The molecule has 2 aromatic carbocycles. The second-order valence-electron chi connectivity index (χ2n) is 8.80. The van der Waals surface area contributed by atoms with Crippen LogP contribution >= 0.6 is 23.2 Å². The van der Waals surface area contributed by atoms with Crippen LogP contribution in [-0.2, 0) is 34.4 Å². The fourth-order valence-corrected chi connectivity index (χ4v) is 7.44. The normalized spacial score (nSPS) is 19.6. The first-order valence-electron chi connectivity index (χ1n) is 10.9. The number of halogens is 5. The molecule has 10 nitrogen and oxygen atoms in total. The SMILES string of the molecule is C[C@@](C(=O)O)(C(=O)[C@@H]1CCCN1)[C@@](N)(c1ccc(OS(=O)(=O)C(F)(F)F)cc1)S(=O)(=O)c1cc(Cl)cc(Cl)c1. The van der Waals surface area contributed by atoms with E-state index in [9.17, 15) is 44.7 Å². The molecule has 1 aliphatic heterocycles. The van der Waals surface area contributed by atoms with Crippen molar-refractivity contribution in [1.29, 1.82) is 0 Å². The van der Waals surface area contributed by atoms with E-state index in [1.54, 1.807) is 0 Å². The number of hydrogen-bond donors (Lipinski definition) is 3. The Hall–Kier alpha value is -2.43. The number of rotatable bonds is 9. The van der Waals surface area contributed by atoms with Crippen LogP contribution in [0, 0.1) is 5.41 Å². The Morgan fingerprint density at radius 1 is 1.05 bits per heavy atom. The maximum absolute atomic E-state index is 14.1. The molecular weight excluding hydrogens is 612 g/mol. The average Bonchev–Trinajstić information content (AvgIpc) is 3.36. The highest BCUT2D eigenvalue weighted by molar-refractivity contribution is 7.92. The van der Waals surface area contributed by atoms with Gasteiger partial charge in [-0.2, -0.15) is 21.6 Å². The van der Waals surface area contributed by atoms with E-state index in [0.29, 0.717) is 25.1 Å². The second-order valence-corrected chi connectivity index (χ2v) is 13.3. The van der Waals surface area contributed by atoms with Crippen molar-refractivity contribution in [3.63, 3.8) is 0 Å². The van der Waals surface area contributed by atoms with Crippen molar-refractivity contribution < 1.29 is 48.9 Å².